The number of aryl methyl sites for hydroxylation is 1. The Labute approximate surface area is 214 Å². The molecule has 0 bridgehead atoms. The number of ether oxygens (including phenoxy) is 1. The van der Waals surface area contributed by atoms with E-state index in [-0.39, 0.29) is 29.4 Å². The Morgan fingerprint density at radius 3 is 2.33 bits per heavy atom. The van der Waals surface area contributed by atoms with Crippen molar-refractivity contribution in [3.05, 3.63) is 36.0 Å². The summed E-state index contributed by atoms with van der Waals surface area (Å²) < 4.78 is 6.72. The van der Waals surface area contributed by atoms with E-state index in [0.717, 1.165) is 43.7 Å². The molecule has 2 saturated carbocycles. The number of carbonyl (C=O) groups is 2. The molecule has 0 atom stereocenters. The van der Waals surface area contributed by atoms with Crippen molar-refractivity contribution >= 4 is 17.9 Å². The number of aromatic nitrogens is 2. The number of carboxylic acid groups (broad SMARTS) is 1. The Kier molecular flexibility index (Phi) is 8.70. The van der Waals surface area contributed by atoms with Crippen LogP contribution in [-0.2, 0) is 11.2 Å². The maximum atomic E-state index is 13.6. The third kappa shape index (κ3) is 6.48. The lowest BCUT2D eigenvalue weighted by Crippen LogP contribution is -2.42. The first kappa shape index (κ1) is 26.2. The van der Waals surface area contributed by atoms with Crippen LogP contribution in [0.3, 0.4) is 0 Å². The smallest absolute Gasteiger partial charge is 0.449 e. The van der Waals surface area contributed by atoms with Gasteiger partial charge in [-0.25, -0.2) is 9.48 Å². The first-order chi connectivity index (χ1) is 17.3. The number of anilines is 1. The molecule has 36 heavy (non-hydrogen) atoms. The van der Waals surface area contributed by atoms with Crippen molar-refractivity contribution in [2.24, 2.45) is 17.8 Å². The van der Waals surface area contributed by atoms with E-state index in [1.54, 1.807) is 15.8 Å². The molecule has 1 aromatic carbocycles. The maximum absolute atomic E-state index is 13.6. The monoisotopic (exact) mass is 495 g/mol. The summed E-state index contributed by atoms with van der Waals surface area (Å²) in [4.78, 5) is 26.6. The molecule has 0 radical (unpaired) electrons. The zero-order valence-electron chi connectivity index (χ0n) is 22.0. The van der Waals surface area contributed by atoms with Crippen LogP contribution >= 0.6 is 0 Å². The molecule has 1 amide bonds. The van der Waals surface area contributed by atoms with E-state index in [2.05, 4.69) is 24.2 Å². The molecule has 1 heterocycles. The molecule has 2 aliphatic rings. The topological polar surface area (TPSA) is 84.7 Å². The molecule has 0 spiro atoms. The van der Waals surface area contributed by atoms with Gasteiger partial charge < -0.3 is 9.84 Å². The van der Waals surface area contributed by atoms with Gasteiger partial charge in [-0.05, 0) is 81.9 Å². The second-order valence-corrected chi connectivity index (χ2v) is 11.1. The van der Waals surface area contributed by atoms with Crippen molar-refractivity contribution in [1.82, 2.24) is 9.78 Å². The van der Waals surface area contributed by atoms with Gasteiger partial charge in [0.15, 0.2) is 5.75 Å². The number of hydrogen-bond donors (Lipinski definition) is 1. The van der Waals surface area contributed by atoms with Crippen molar-refractivity contribution in [3.8, 4) is 11.4 Å². The second-order valence-electron chi connectivity index (χ2n) is 11.1. The van der Waals surface area contributed by atoms with Crippen LogP contribution in [-0.4, -0.2) is 33.0 Å². The van der Waals surface area contributed by atoms with Crippen molar-refractivity contribution in [2.75, 3.05) is 4.90 Å². The molecule has 7 heteroatoms. The average molecular weight is 496 g/mol. The summed E-state index contributed by atoms with van der Waals surface area (Å²) in [6, 6.07) is 8.05. The van der Waals surface area contributed by atoms with Crippen LogP contribution in [0.4, 0.5) is 10.6 Å². The van der Waals surface area contributed by atoms with Crippen LogP contribution in [0.5, 0.6) is 5.75 Å². The highest BCUT2D eigenvalue weighted by atomic mass is 16.7. The summed E-state index contributed by atoms with van der Waals surface area (Å²) in [6.07, 6.45) is 13.0. The van der Waals surface area contributed by atoms with E-state index in [0.29, 0.717) is 5.92 Å². The summed E-state index contributed by atoms with van der Waals surface area (Å²) in [6.45, 7) is 6.07. The molecular weight excluding hydrogens is 454 g/mol. The molecule has 196 valence electrons. The van der Waals surface area contributed by atoms with Gasteiger partial charge in [-0.3, -0.25) is 9.69 Å². The largest absolute Gasteiger partial charge is 0.511 e. The number of hydrogen-bond acceptors (Lipinski definition) is 4. The molecule has 2 aromatic rings. The Hall–Kier alpha value is -2.83. The first-order valence-corrected chi connectivity index (χ1v) is 13.7. The molecule has 2 fully saturated rings. The fourth-order valence-corrected chi connectivity index (χ4v) is 5.78. The van der Waals surface area contributed by atoms with Crippen LogP contribution in [0.1, 0.15) is 90.5 Å². The standard InChI is InChI=1S/C29H41N3O4/c1-20(2)32(28(33)24-15-9-21(3)10-16-24)27-26(36-29(34)35)19-31(30-27)25-17-13-23(14-18-25)12-11-22-7-5-4-6-8-22/h13-14,17-22,24H,4-12,15-16H2,1-3H3,(H,34,35)/t21-,24-. The second kappa shape index (κ2) is 11.9. The number of carbonyl (C=O) groups excluding carboxylic acids is 1. The highest BCUT2D eigenvalue weighted by Crippen LogP contribution is 2.35. The Bertz CT molecular complexity index is 1020. The maximum Gasteiger partial charge on any atom is 0.511 e. The van der Waals surface area contributed by atoms with Crippen LogP contribution in [0.25, 0.3) is 5.69 Å². The van der Waals surface area contributed by atoms with Gasteiger partial charge >= 0.3 is 6.16 Å². The fraction of sp³-hybridized carbons (Fsp3) is 0.621. The third-order valence-corrected chi connectivity index (χ3v) is 7.97. The summed E-state index contributed by atoms with van der Waals surface area (Å²) in [5.74, 6) is 1.74. The van der Waals surface area contributed by atoms with Gasteiger partial charge in [0.25, 0.3) is 0 Å². The lowest BCUT2D eigenvalue weighted by molar-refractivity contribution is -0.124. The van der Waals surface area contributed by atoms with Gasteiger partial charge in [-0.2, -0.15) is 0 Å². The van der Waals surface area contributed by atoms with Gasteiger partial charge in [-0.15, -0.1) is 5.10 Å². The lowest BCUT2D eigenvalue weighted by atomic mass is 9.82. The highest BCUT2D eigenvalue weighted by molar-refractivity contribution is 5.96. The molecule has 0 aliphatic heterocycles. The predicted molar refractivity (Wildman–Crippen MR) is 141 cm³/mol. The summed E-state index contributed by atoms with van der Waals surface area (Å²) >= 11 is 0. The number of rotatable bonds is 8. The average Bonchev–Trinajstić information content (AvgIpc) is 3.26. The molecule has 2 aliphatic carbocycles. The molecule has 0 saturated heterocycles. The first-order valence-electron chi connectivity index (χ1n) is 13.7. The number of nitrogens with zero attached hydrogens (tertiary/aromatic N) is 3. The lowest BCUT2D eigenvalue weighted by Gasteiger charge is -2.32. The van der Waals surface area contributed by atoms with Crippen LogP contribution < -0.4 is 9.64 Å². The van der Waals surface area contributed by atoms with E-state index in [4.69, 9.17) is 4.74 Å². The normalized spacial score (nSPS) is 20.9. The molecule has 1 N–H and O–H groups in total. The van der Waals surface area contributed by atoms with Gasteiger partial charge in [0.1, 0.15) is 0 Å². The minimum Gasteiger partial charge on any atom is -0.449 e. The zero-order chi connectivity index (χ0) is 25.7. The van der Waals surface area contributed by atoms with Crippen molar-refractivity contribution < 1.29 is 19.4 Å². The van der Waals surface area contributed by atoms with Crippen LogP contribution in [0, 0.1) is 17.8 Å². The van der Waals surface area contributed by atoms with Crippen LogP contribution in [0.2, 0.25) is 0 Å². The SMILES string of the molecule is CC(C)N(c1nn(-c2ccc(CCC3CCCCC3)cc2)cc1OC(=O)O)C(=O)[C@H]1CC[C@H](C)CC1. The van der Waals surface area contributed by atoms with E-state index < -0.39 is 6.16 Å². The van der Waals surface area contributed by atoms with Gasteiger partial charge in [0.2, 0.25) is 11.7 Å². The fourth-order valence-electron chi connectivity index (χ4n) is 5.78. The van der Waals surface area contributed by atoms with Crippen molar-refractivity contribution in [2.45, 2.75) is 97.4 Å². The van der Waals surface area contributed by atoms with Gasteiger partial charge in [0, 0.05) is 12.0 Å². The van der Waals surface area contributed by atoms with E-state index in [1.807, 2.05) is 26.0 Å². The van der Waals surface area contributed by atoms with E-state index >= 15 is 0 Å². The molecule has 7 nitrogen and oxygen atoms in total. The number of benzene rings is 1. The van der Waals surface area contributed by atoms with Crippen LogP contribution in [0.15, 0.2) is 30.5 Å². The van der Waals surface area contributed by atoms with E-state index in [9.17, 15) is 14.7 Å². The highest BCUT2D eigenvalue weighted by Gasteiger charge is 2.34. The minimum atomic E-state index is -1.42. The Morgan fingerprint density at radius 1 is 1.06 bits per heavy atom. The van der Waals surface area contributed by atoms with Gasteiger partial charge in [0.05, 0.1) is 11.9 Å². The Morgan fingerprint density at radius 2 is 1.72 bits per heavy atom. The summed E-state index contributed by atoms with van der Waals surface area (Å²) in [5.41, 5.74) is 2.10. The van der Waals surface area contributed by atoms with E-state index in [1.165, 1.54) is 44.1 Å². The van der Waals surface area contributed by atoms with Crippen molar-refractivity contribution in [1.29, 1.82) is 0 Å². The molecule has 4 rings (SSSR count). The number of amides is 1. The summed E-state index contributed by atoms with van der Waals surface area (Å²) in [5, 5.41) is 14.0. The van der Waals surface area contributed by atoms with Gasteiger partial charge in [-0.1, -0.05) is 51.2 Å². The third-order valence-electron chi connectivity index (χ3n) is 7.97. The minimum absolute atomic E-state index is 0.00421. The molecule has 0 unspecified atom stereocenters. The summed E-state index contributed by atoms with van der Waals surface area (Å²) in [7, 11) is 0. The van der Waals surface area contributed by atoms with Crippen molar-refractivity contribution in [3.63, 3.8) is 0 Å². The molecular formula is C29H41N3O4. The quantitative estimate of drug-likeness (QED) is 0.398. The zero-order valence-corrected chi connectivity index (χ0v) is 22.0. The predicted octanol–water partition coefficient (Wildman–Crippen LogP) is 7.01. The Balaban J connectivity index is 1.54. The molecule has 1 aromatic heterocycles.